The lowest BCUT2D eigenvalue weighted by atomic mass is 10.1. The maximum Gasteiger partial charge on any atom is 0.222 e. The molecular weight excluding hydrogens is 300 g/mol. The van der Waals surface area contributed by atoms with E-state index in [-0.39, 0.29) is 0 Å². The summed E-state index contributed by atoms with van der Waals surface area (Å²) in [6.07, 6.45) is 0.942. The Morgan fingerprint density at radius 1 is 1.12 bits per heavy atom. The van der Waals surface area contributed by atoms with Gasteiger partial charge in [-0.3, -0.25) is 0 Å². The van der Waals surface area contributed by atoms with Crippen LogP contribution in [0.2, 0.25) is 0 Å². The minimum absolute atomic E-state index is 0.624. The van der Waals surface area contributed by atoms with Crippen molar-refractivity contribution in [1.82, 2.24) is 25.0 Å². The maximum atomic E-state index is 4.75. The molecule has 0 spiro atoms. The number of nitrogens with one attached hydrogen (secondary N) is 1. The zero-order valence-electron chi connectivity index (χ0n) is 13.9. The number of benzene rings is 2. The van der Waals surface area contributed by atoms with Gasteiger partial charge < -0.3 is 5.32 Å². The molecule has 0 radical (unpaired) electrons. The van der Waals surface area contributed by atoms with Gasteiger partial charge in [-0.2, -0.15) is 4.52 Å². The van der Waals surface area contributed by atoms with Crippen molar-refractivity contribution in [3.05, 3.63) is 53.1 Å². The lowest BCUT2D eigenvalue weighted by Gasteiger charge is -2.14. The molecule has 0 fully saturated rings. The highest BCUT2D eigenvalue weighted by atomic mass is 15.5. The Hall–Kier alpha value is -3.02. The van der Waals surface area contributed by atoms with Crippen LogP contribution in [-0.4, -0.2) is 25.0 Å². The minimum Gasteiger partial charge on any atom is -0.337 e. The first-order valence-electron chi connectivity index (χ1n) is 8.01. The molecule has 0 bridgehead atoms. The van der Waals surface area contributed by atoms with E-state index in [1.54, 1.807) is 4.52 Å². The molecule has 120 valence electrons. The maximum absolute atomic E-state index is 4.75. The average molecular weight is 318 g/mol. The molecule has 6 heteroatoms. The van der Waals surface area contributed by atoms with Crippen molar-refractivity contribution < 1.29 is 0 Å². The van der Waals surface area contributed by atoms with Crippen molar-refractivity contribution in [2.75, 3.05) is 5.32 Å². The molecule has 4 aromatic rings. The summed E-state index contributed by atoms with van der Waals surface area (Å²) in [5.41, 5.74) is 7.02. The quantitative estimate of drug-likeness (QED) is 0.625. The number of hydrogen-bond acceptors (Lipinski definition) is 5. The van der Waals surface area contributed by atoms with E-state index in [4.69, 9.17) is 4.98 Å². The molecule has 6 nitrogen and oxygen atoms in total. The number of nitrogens with zero attached hydrogens (tertiary/aromatic N) is 5. The predicted octanol–water partition coefficient (Wildman–Crippen LogP) is 3.60. The van der Waals surface area contributed by atoms with Gasteiger partial charge in [0.25, 0.3) is 0 Å². The van der Waals surface area contributed by atoms with Crippen molar-refractivity contribution in [2.45, 2.75) is 27.2 Å². The summed E-state index contributed by atoms with van der Waals surface area (Å²) >= 11 is 0. The molecule has 0 aliphatic heterocycles. The molecule has 0 atom stereocenters. The summed E-state index contributed by atoms with van der Waals surface area (Å²) in [6, 6.07) is 12.4. The van der Waals surface area contributed by atoms with E-state index >= 15 is 0 Å². The second-order valence-corrected chi connectivity index (χ2v) is 5.95. The lowest BCUT2D eigenvalue weighted by molar-refractivity contribution is 0.840. The number of rotatable bonds is 3. The summed E-state index contributed by atoms with van der Waals surface area (Å²) in [7, 11) is 0. The molecule has 0 unspecified atom stereocenters. The summed E-state index contributed by atoms with van der Waals surface area (Å²) < 4.78 is 1.74. The van der Waals surface area contributed by atoms with Crippen LogP contribution in [-0.2, 0) is 6.42 Å². The first-order valence-corrected chi connectivity index (χ1v) is 8.01. The molecule has 2 heterocycles. The van der Waals surface area contributed by atoms with E-state index in [1.807, 2.05) is 25.1 Å². The van der Waals surface area contributed by atoms with Gasteiger partial charge in [0, 0.05) is 5.69 Å². The van der Waals surface area contributed by atoms with E-state index in [0.717, 1.165) is 28.7 Å². The third kappa shape index (κ3) is 2.27. The largest absolute Gasteiger partial charge is 0.337 e. The van der Waals surface area contributed by atoms with E-state index < -0.39 is 0 Å². The Labute approximate surface area is 139 Å². The van der Waals surface area contributed by atoms with Gasteiger partial charge in [-0.25, -0.2) is 4.98 Å². The fourth-order valence-electron chi connectivity index (χ4n) is 2.97. The Morgan fingerprint density at radius 3 is 2.83 bits per heavy atom. The van der Waals surface area contributed by atoms with Gasteiger partial charge in [-0.1, -0.05) is 31.2 Å². The molecule has 0 saturated carbocycles. The number of para-hydroxylation sites is 1. The molecule has 0 amide bonds. The first-order chi connectivity index (χ1) is 11.7. The van der Waals surface area contributed by atoms with Gasteiger partial charge in [-0.15, -0.1) is 5.10 Å². The normalized spacial score (nSPS) is 11.3. The summed E-state index contributed by atoms with van der Waals surface area (Å²) in [5, 5.41) is 15.6. The van der Waals surface area contributed by atoms with Crippen LogP contribution >= 0.6 is 0 Å². The third-order valence-corrected chi connectivity index (χ3v) is 4.26. The van der Waals surface area contributed by atoms with Crippen LogP contribution in [0.1, 0.15) is 23.6 Å². The number of anilines is 2. The zero-order valence-corrected chi connectivity index (χ0v) is 13.9. The third-order valence-electron chi connectivity index (χ3n) is 4.26. The highest BCUT2D eigenvalue weighted by Crippen LogP contribution is 2.27. The highest BCUT2D eigenvalue weighted by molar-refractivity contribution is 5.84. The first kappa shape index (κ1) is 14.6. The molecule has 2 aromatic carbocycles. The van der Waals surface area contributed by atoms with Crippen molar-refractivity contribution in [1.29, 1.82) is 0 Å². The molecule has 1 N–H and O–H groups in total. The number of hydrogen-bond donors (Lipinski definition) is 1. The molecule has 24 heavy (non-hydrogen) atoms. The number of aryl methyl sites for hydroxylation is 3. The van der Waals surface area contributed by atoms with Crippen LogP contribution < -0.4 is 5.32 Å². The van der Waals surface area contributed by atoms with E-state index in [9.17, 15) is 0 Å². The molecule has 0 aliphatic carbocycles. The smallest absolute Gasteiger partial charge is 0.222 e. The van der Waals surface area contributed by atoms with Crippen LogP contribution in [0.25, 0.3) is 16.7 Å². The molecule has 4 rings (SSSR count). The van der Waals surface area contributed by atoms with E-state index in [0.29, 0.717) is 11.5 Å². The van der Waals surface area contributed by atoms with Crippen LogP contribution in [0.3, 0.4) is 0 Å². The zero-order chi connectivity index (χ0) is 16.7. The fourth-order valence-corrected chi connectivity index (χ4v) is 2.97. The Morgan fingerprint density at radius 2 is 2.00 bits per heavy atom. The van der Waals surface area contributed by atoms with Gasteiger partial charge in [0.05, 0.1) is 11.0 Å². The van der Waals surface area contributed by atoms with Crippen molar-refractivity contribution in [2.24, 2.45) is 0 Å². The summed E-state index contributed by atoms with van der Waals surface area (Å²) in [6.45, 7) is 6.28. The lowest BCUT2D eigenvalue weighted by Crippen LogP contribution is -2.04. The molecule has 0 aliphatic rings. The van der Waals surface area contributed by atoms with Crippen molar-refractivity contribution in [3.8, 4) is 0 Å². The second kappa shape index (κ2) is 5.56. The summed E-state index contributed by atoms with van der Waals surface area (Å²) in [5.74, 6) is 0.667. The molecular formula is C18H18N6. The van der Waals surface area contributed by atoms with Crippen molar-refractivity contribution >= 4 is 28.2 Å². The molecule has 0 saturated heterocycles. The number of fused-ring (bicyclic) bond motifs is 3. The number of tetrazole rings is 1. The minimum atomic E-state index is 0.624. The second-order valence-electron chi connectivity index (χ2n) is 5.95. The van der Waals surface area contributed by atoms with Crippen LogP contribution in [0.5, 0.6) is 0 Å². The van der Waals surface area contributed by atoms with Crippen LogP contribution in [0.4, 0.5) is 11.5 Å². The highest BCUT2D eigenvalue weighted by Gasteiger charge is 2.14. The van der Waals surface area contributed by atoms with Gasteiger partial charge in [0.2, 0.25) is 5.65 Å². The standard InChI is InChI=1S/C18H18N6/c1-4-13-7-5-6-12(3)16(13)20-17-18-21-22-23-24(18)15-10-11(2)8-9-14(15)19-17/h5-10H,4H2,1-3H3,(H,19,20). The van der Waals surface area contributed by atoms with E-state index in [1.165, 1.54) is 11.1 Å². The van der Waals surface area contributed by atoms with Gasteiger partial charge in [-0.05, 0) is 59.5 Å². The van der Waals surface area contributed by atoms with Crippen LogP contribution in [0, 0.1) is 13.8 Å². The van der Waals surface area contributed by atoms with Crippen molar-refractivity contribution in [3.63, 3.8) is 0 Å². The average Bonchev–Trinajstić information content (AvgIpc) is 3.07. The molecule has 2 aromatic heterocycles. The van der Waals surface area contributed by atoms with Gasteiger partial charge >= 0.3 is 0 Å². The van der Waals surface area contributed by atoms with E-state index in [2.05, 4.69) is 52.9 Å². The van der Waals surface area contributed by atoms with Gasteiger partial charge in [0.15, 0.2) is 5.82 Å². The monoisotopic (exact) mass is 318 g/mol. The van der Waals surface area contributed by atoms with Gasteiger partial charge in [0.1, 0.15) is 0 Å². The Kier molecular flexibility index (Phi) is 3.37. The topological polar surface area (TPSA) is 68.0 Å². The Bertz CT molecular complexity index is 1050. The van der Waals surface area contributed by atoms with Crippen LogP contribution in [0.15, 0.2) is 36.4 Å². The fraction of sp³-hybridized carbons (Fsp3) is 0.222. The predicted molar refractivity (Wildman–Crippen MR) is 94.7 cm³/mol. The number of aromatic nitrogens is 5. The Balaban J connectivity index is 1.94. The SMILES string of the molecule is CCc1cccc(C)c1Nc1nc2ccc(C)cc2n2nnnc12. The summed E-state index contributed by atoms with van der Waals surface area (Å²) in [4.78, 5) is 4.75.